The third kappa shape index (κ3) is 2.75. The number of hydrogen-bond acceptors (Lipinski definition) is 3. The average Bonchev–Trinajstić information content (AvgIpc) is 1.68. The van der Waals surface area contributed by atoms with E-state index in [9.17, 15) is 9.59 Å². The van der Waals surface area contributed by atoms with Gasteiger partial charge in [0.2, 0.25) is 0 Å². The summed E-state index contributed by atoms with van der Waals surface area (Å²) in [6, 6.07) is 0. The van der Waals surface area contributed by atoms with Crippen LogP contribution in [0.3, 0.4) is 0 Å². The Kier molecular flexibility index (Phi) is 2.67. The summed E-state index contributed by atoms with van der Waals surface area (Å²) < 4.78 is 3.76. The second-order valence-corrected chi connectivity index (χ2v) is 0.752. The number of amides is 1. The van der Waals surface area contributed by atoms with Gasteiger partial charge in [-0.05, 0) is 0 Å². The van der Waals surface area contributed by atoms with Gasteiger partial charge in [-0.3, -0.25) is 4.79 Å². The normalized spacial score (nSPS) is 7.00. The summed E-state index contributed by atoms with van der Waals surface area (Å²) >= 11 is 0. The van der Waals surface area contributed by atoms with Crippen LogP contribution in [0.15, 0.2) is 0 Å². The minimum absolute atomic E-state index is 0.0683. The predicted molar refractivity (Wildman–Crippen MR) is 21.6 cm³/mol. The van der Waals surface area contributed by atoms with Crippen molar-refractivity contribution in [1.82, 2.24) is 5.32 Å². The van der Waals surface area contributed by atoms with Gasteiger partial charge in [0.25, 0.3) is 0 Å². The van der Waals surface area contributed by atoms with Crippen LogP contribution in [0.4, 0.5) is 4.79 Å². The molecule has 4 heteroatoms. The lowest BCUT2D eigenvalue weighted by Crippen LogP contribution is -2.17. The first-order valence-electron chi connectivity index (χ1n) is 1.63. The molecule has 0 rings (SSSR count). The summed E-state index contributed by atoms with van der Waals surface area (Å²) in [7, 11) is 1.37. The summed E-state index contributed by atoms with van der Waals surface area (Å²) in [4.78, 5) is 19.1. The van der Waals surface area contributed by atoms with Crippen molar-refractivity contribution in [2.45, 2.75) is 0 Å². The molecule has 0 aliphatic carbocycles. The summed E-state index contributed by atoms with van der Waals surface area (Å²) in [6.07, 6.45) is -0.741. The Morgan fingerprint density at radius 2 is 2.43 bits per heavy atom. The molecule has 0 aliphatic rings. The molecule has 0 saturated carbocycles. The summed E-state index contributed by atoms with van der Waals surface area (Å²) in [5.74, 6) is 0. The van der Waals surface area contributed by atoms with Crippen molar-refractivity contribution >= 4 is 12.6 Å². The molecule has 1 N–H and O–H groups in total. The zero-order valence-corrected chi connectivity index (χ0v) is 3.80. The molecular formula is C3H5NO3. The van der Waals surface area contributed by atoms with Crippen molar-refractivity contribution in [3.05, 3.63) is 0 Å². The van der Waals surface area contributed by atoms with E-state index < -0.39 is 6.09 Å². The monoisotopic (exact) mass is 103 g/mol. The van der Waals surface area contributed by atoms with Crippen LogP contribution in [0.2, 0.25) is 0 Å². The second-order valence-electron chi connectivity index (χ2n) is 0.752. The zero-order valence-electron chi connectivity index (χ0n) is 3.80. The molecule has 0 spiro atoms. The lowest BCUT2D eigenvalue weighted by Gasteiger charge is -1.88. The molecule has 40 valence electrons. The van der Waals surface area contributed by atoms with Gasteiger partial charge in [-0.1, -0.05) is 0 Å². The number of ether oxygens (including phenoxy) is 1. The number of carbonyl (C=O) groups excluding carboxylic acids is 2. The third-order valence-corrected chi connectivity index (χ3v) is 0.359. The maximum Gasteiger partial charge on any atom is 0.414 e. The van der Waals surface area contributed by atoms with Gasteiger partial charge in [0.1, 0.15) is 0 Å². The highest BCUT2D eigenvalue weighted by atomic mass is 16.6. The smallest absolute Gasteiger partial charge is 0.379 e. The molecule has 0 aromatic carbocycles. The molecule has 0 bridgehead atoms. The largest absolute Gasteiger partial charge is 0.414 e. The molecule has 0 saturated heterocycles. The van der Waals surface area contributed by atoms with E-state index >= 15 is 0 Å². The molecule has 7 heavy (non-hydrogen) atoms. The topological polar surface area (TPSA) is 55.4 Å². The molecule has 0 unspecified atom stereocenters. The third-order valence-electron chi connectivity index (χ3n) is 0.359. The van der Waals surface area contributed by atoms with Gasteiger partial charge in [0.15, 0.2) is 0 Å². The molecule has 0 aliphatic heterocycles. The molecular weight excluding hydrogens is 98.0 g/mol. The summed E-state index contributed by atoms with van der Waals surface area (Å²) in [5.41, 5.74) is 0. The van der Waals surface area contributed by atoms with E-state index in [0.717, 1.165) is 0 Å². The molecule has 4 nitrogen and oxygen atoms in total. The zero-order chi connectivity index (χ0) is 5.70. The minimum atomic E-state index is -0.741. The van der Waals surface area contributed by atoms with Crippen molar-refractivity contribution in [1.29, 1.82) is 0 Å². The number of carbonyl (C=O) groups is 2. The standard InChI is InChI=1S/C3H5NO3/c1-4-3(6)7-2-5/h2H,1H3,(H,4,6). The molecule has 0 aromatic rings. The first-order valence-corrected chi connectivity index (χ1v) is 1.63. The first kappa shape index (κ1) is 5.94. The van der Waals surface area contributed by atoms with E-state index in [4.69, 9.17) is 0 Å². The van der Waals surface area contributed by atoms with Crippen LogP contribution in [0.1, 0.15) is 0 Å². The van der Waals surface area contributed by atoms with Crippen LogP contribution in [-0.2, 0) is 9.53 Å². The van der Waals surface area contributed by atoms with E-state index in [1.165, 1.54) is 7.05 Å². The van der Waals surface area contributed by atoms with Crippen LogP contribution in [0, 0.1) is 0 Å². The summed E-state index contributed by atoms with van der Waals surface area (Å²) in [5, 5.41) is 2.07. The molecule has 0 fully saturated rings. The Morgan fingerprint density at radius 3 is 2.57 bits per heavy atom. The van der Waals surface area contributed by atoms with E-state index in [-0.39, 0.29) is 6.47 Å². The molecule has 0 heterocycles. The van der Waals surface area contributed by atoms with Gasteiger partial charge in [-0.2, -0.15) is 0 Å². The van der Waals surface area contributed by atoms with Crippen molar-refractivity contribution < 1.29 is 14.3 Å². The van der Waals surface area contributed by atoms with Crippen molar-refractivity contribution in [2.75, 3.05) is 7.05 Å². The highest BCUT2D eigenvalue weighted by Gasteiger charge is 1.90. The Balaban J connectivity index is 3.17. The SMILES string of the molecule is CNC(=O)OC=O. The molecule has 0 radical (unpaired) electrons. The molecule has 0 atom stereocenters. The predicted octanol–water partition coefficient (Wildman–Crippen LogP) is -0.501. The van der Waals surface area contributed by atoms with E-state index in [1.54, 1.807) is 0 Å². The Hall–Kier alpha value is -1.06. The van der Waals surface area contributed by atoms with Crippen molar-refractivity contribution in [3.8, 4) is 0 Å². The van der Waals surface area contributed by atoms with Gasteiger partial charge in [-0.15, -0.1) is 0 Å². The van der Waals surface area contributed by atoms with Gasteiger partial charge < -0.3 is 10.1 Å². The number of hydrogen-bond donors (Lipinski definition) is 1. The van der Waals surface area contributed by atoms with Crippen LogP contribution >= 0.6 is 0 Å². The summed E-state index contributed by atoms with van der Waals surface area (Å²) in [6.45, 7) is 0.0683. The van der Waals surface area contributed by atoms with E-state index in [2.05, 4.69) is 10.1 Å². The van der Waals surface area contributed by atoms with Crippen molar-refractivity contribution in [2.24, 2.45) is 0 Å². The number of rotatable bonds is 1. The average molecular weight is 103 g/mol. The van der Waals surface area contributed by atoms with Crippen LogP contribution in [0.25, 0.3) is 0 Å². The molecule has 0 aromatic heterocycles. The second kappa shape index (κ2) is 3.14. The fourth-order valence-corrected chi connectivity index (χ4v) is 0.103. The maximum absolute atomic E-state index is 9.85. The highest BCUT2D eigenvalue weighted by Crippen LogP contribution is 1.64. The Morgan fingerprint density at radius 1 is 1.86 bits per heavy atom. The lowest BCUT2D eigenvalue weighted by molar-refractivity contribution is -0.123. The quantitative estimate of drug-likeness (QED) is 0.359. The fourth-order valence-electron chi connectivity index (χ4n) is 0.103. The van der Waals surface area contributed by atoms with Gasteiger partial charge in [0.05, 0.1) is 0 Å². The fraction of sp³-hybridized carbons (Fsp3) is 0.333. The maximum atomic E-state index is 9.85. The van der Waals surface area contributed by atoms with Gasteiger partial charge in [0, 0.05) is 7.05 Å². The van der Waals surface area contributed by atoms with Gasteiger partial charge in [-0.25, -0.2) is 4.79 Å². The van der Waals surface area contributed by atoms with Crippen LogP contribution < -0.4 is 5.32 Å². The first-order chi connectivity index (χ1) is 3.31. The highest BCUT2D eigenvalue weighted by molar-refractivity contribution is 5.74. The van der Waals surface area contributed by atoms with Gasteiger partial charge >= 0.3 is 12.6 Å². The number of alkyl carbamates (subject to hydrolysis) is 1. The Labute approximate surface area is 40.5 Å². The molecule has 1 amide bonds. The minimum Gasteiger partial charge on any atom is -0.379 e. The number of nitrogens with one attached hydrogen (secondary N) is 1. The lowest BCUT2D eigenvalue weighted by atomic mass is 11.1. The van der Waals surface area contributed by atoms with Crippen LogP contribution in [-0.4, -0.2) is 19.6 Å². The van der Waals surface area contributed by atoms with Crippen LogP contribution in [0.5, 0.6) is 0 Å². The van der Waals surface area contributed by atoms with E-state index in [1.807, 2.05) is 0 Å². The Bertz CT molecular complexity index is 80.2. The van der Waals surface area contributed by atoms with E-state index in [0.29, 0.717) is 0 Å². The van der Waals surface area contributed by atoms with Crippen molar-refractivity contribution in [3.63, 3.8) is 0 Å².